The van der Waals surface area contributed by atoms with Gasteiger partial charge in [0.1, 0.15) is 28.8 Å². The molecule has 170 valence electrons. The number of nitrogens with zero attached hydrogens (tertiary/aromatic N) is 4. The predicted octanol–water partition coefficient (Wildman–Crippen LogP) is 3.13. The van der Waals surface area contributed by atoms with E-state index in [1.165, 1.54) is 10.7 Å². The fraction of sp³-hybridized carbons (Fsp3) is 0.619. The fourth-order valence-electron chi connectivity index (χ4n) is 3.32. The Hall–Kier alpha value is -2.91. The highest BCUT2D eigenvalue weighted by Gasteiger charge is 2.31. The Bertz CT molecular complexity index is 963. The Morgan fingerprint density at radius 1 is 1.13 bits per heavy atom. The molecule has 0 unspecified atom stereocenters. The lowest BCUT2D eigenvalue weighted by Crippen LogP contribution is -2.52. The Morgan fingerprint density at radius 2 is 1.81 bits per heavy atom. The summed E-state index contributed by atoms with van der Waals surface area (Å²) in [5, 5.41) is 6.88. The van der Waals surface area contributed by atoms with Gasteiger partial charge in [-0.05, 0) is 47.6 Å². The van der Waals surface area contributed by atoms with Crippen LogP contribution in [0.1, 0.15) is 58.3 Å². The number of alkyl halides is 1. The van der Waals surface area contributed by atoms with Crippen LogP contribution in [0.3, 0.4) is 0 Å². The van der Waals surface area contributed by atoms with Crippen LogP contribution in [0.5, 0.6) is 0 Å². The van der Waals surface area contributed by atoms with E-state index < -0.39 is 35.5 Å². The first-order valence-electron chi connectivity index (χ1n) is 10.3. The number of halogens is 1. The van der Waals surface area contributed by atoms with Crippen molar-refractivity contribution in [3.63, 3.8) is 0 Å². The van der Waals surface area contributed by atoms with Gasteiger partial charge in [-0.2, -0.15) is 5.10 Å². The Morgan fingerprint density at radius 3 is 2.45 bits per heavy atom. The summed E-state index contributed by atoms with van der Waals surface area (Å²) in [6.07, 6.45) is 1.51. The van der Waals surface area contributed by atoms with Crippen LogP contribution in [0.15, 0.2) is 18.5 Å². The molecule has 1 aliphatic rings. The minimum absolute atomic E-state index is 0.131. The fourth-order valence-corrected chi connectivity index (χ4v) is 3.32. The van der Waals surface area contributed by atoms with Crippen LogP contribution < -0.4 is 10.2 Å². The van der Waals surface area contributed by atoms with Crippen LogP contribution >= 0.6 is 0 Å². The molecule has 2 aromatic rings. The van der Waals surface area contributed by atoms with Gasteiger partial charge in [0, 0.05) is 19.2 Å². The van der Waals surface area contributed by atoms with E-state index in [9.17, 15) is 14.0 Å². The third-order valence-electron chi connectivity index (χ3n) is 4.42. The largest absolute Gasteiger partial charge is 0.456 e. The average molecular weight is 436 g/mol. The number of aromatic nitrogens is 3. The summed E-state index contributed by atoms with van der Waals surface area (Å²) in [5.74, 6) is -0.0465. The van der Waals surface area contributed by atoms with Crippen molar-refractivity contribution >= 4 is 23.5 Å². The third-order valence-corrected chi connectivity index (χ3v) is 4.42. The molecule has 1 saturated heterocycles. The third kappa shape index (κ3) is 6.05. The van der Waals surface area contributed by atoms with E-state index in [4.69, 9.17) is 9.47 Å². The first kappa shape index (κ1) is 22.8. The van der Waals surface area contributed by atoms with Crippen molar-refractivity contribution in [3.05, 3.63) is 24.0 Å². The van der Waals surface area contributed by atoms with E-state index in [0.717, 1.165) is 0 Å². The van der Waals surface area contributed by atoms with Crippen molar-refractivity contribution in [1.82, 2.24) is 19.9 Å². The first-order valence-corrected chi connectivity index (χ1v) is 10.3. The molecule has 9 nitrogen and oxygen atoms in total. The van der Waals surface area contributed by atoms with Gasteiger partial charge in [-0.1, -0.05) is 0 Å². The summed E-state index contributed by atoms with van der Waals surface area (Å²) >= 11 is 0. The molecule has 10 heteroatoms. The van der Waals surface area contributed by atoms with E-state index in [1.54, 1.807) is 58.7 Å². The normalized spacial score (nSPS) is 19.9. The zero-order chi connectivity index (χ0) is 23.0. The Kier molecular flexibility index (Phi) is 6.11. The highest BCUT2D eigenvalue weighted by Crippen LogP contribution is 2.23. The molecular formula is C21H30FN5O4. The molecule has 1 fully saturated rings. The summed E-state index contributed by atoms with van der Waals surface area (Å²) in [4.78, 5) is 30.9. The lowest BCUT2D eigenvalue weighted by atomic mass is 10.0. The summed E-state index contributed by atoms with van der Waals surface area (Å²) in [6.45, 7) is 11.1. The number of esters is 1. The molecule has 1 N–H and O–H groups in total. The molecular weight excluding hydrogens is 405 g/mol. The molecule has 0 aromatic carbocycles. The first-order chi connectivity index (χ1) is 14.3. The van der Waals surface area contributed by atoms with Crippen LogP contribution in [0.2, 0.25) is 0 Å². The summed E-state index contributed by atoms with van der Waals surface area (Å²) in [7, 11) is 0. The Labute approximate surface area is 180 Å². The van der Waals surface area contributed by atoms with Gasteiger partial charge in [-0.15, -0.1) is 0 Å². The van der Waals surface area contributed by atoms with E-state index in [2.05, 4.69) is 15.4 Å². The summed E-state index contributed by atoms with van der Waals surface area (Å²) in [6, 6.07) is 1.26. The molecule has 0 radical (unpaired) electrons. The van der Waals surface area contributed by atoms with Crippen LogP contribution in [0.4, 0.5) is 15.0 Å². The van der Waals surface area contributed by atoms with Crippen molar-refractivity contribution in [3.8, 4) is 0 Å². The van der Waals surface area contributed by atoms with Crippen molar-refractivity contribution in [2.75, 3.05) is 18.0 Å². The number of carbonyl (C=O) groups is 2. The van der Waals surface area contributed by atoms with Gasteiger partial charge in [0.15, 0.2) is 5.65 Å². The Balaban J connectivity index is 1.79. The SMILES string of the molecule is CC(C)(C)OC(=O)N[C@@H]1C[C@@H](F)CN(c2ccn3ncc(C(=O)OC(C)(C)C)c3n2)C1. The summed E-state index contributed by atoms with van der Waals surface area (Å²) in [5.41, 5.74) is -0.740. The lowest BCUT2D eigenvalue weighted by molar-refractivity contribution is 0.00711. The molecule has 3 heterocycles. The second-order valence-electron chi connectivity index (χ2n) is 9.70. The molecule has 2 aromatic heterocycles. The zero-order valence-electron chi connectivity index (χ0n) is 18.8. The van der Waals surface area contributed by atoms with E-state index >= 15 is 0 Å². The number of alkyl carbamates (subject to hydrolysis) is 1. The maximum absolute atomic E-state index is 14.5. The van der Waals surface area contributed by atoms with Crippen molar-refractivity contribution < 1.29 is 23.5 Å². The number of hydrogen-bond donors (Lipinski definition) is 1. The number of ether oxygens (including phenoxy) is 2. The second kappa shape index (κ2) is 8.32. The van der Waals surface area contributed by atoms with Gasteiger partial charge in [-0.3, -0.25) is 0 Å². The van der Waals surface area contributed by atoms with Crippen LogP contribution in [-0.4, -0.2) is 63.2 Å². The van der Waals surface area contributed by atoms with Crippen molar-refractivity contribution in [1.29, 1.82) is 0 Å². The number of carbonyl (C=O) groups excluding carboxylic acids is 2. The number of hydrogen-bond acceptors (Lipinski definition) is 7. The van der Waals surface area contributed by atoms with Crippen LogP contribution in [0, 0.1) is 0 Å². The van der Waals surface area contributed by atoms with Gasteiger partial charge in [0.05, 0.1) is 18.8 Å². The maximum Gasteiger partial charge on any atom is 0.407 e. The predicted molar refractivity (Wildman–Crippen MR) is 113 cm³/mol. The monoisotopic (exact) mass is 435 g/mol. The van der Waals surface area contributed by atoms with Crippen LogP contribution in [-0.2, 0) is 9.47 Å². The maximum atomic E-state index is 14.5. The molecule has 0 saturated carbocycles. The smallest absolute Gasteiger partial charge is 0.407 e. The van der Waals surface area contributed by atoms with Crippen molar-refractivity contribution in [2.24, 2.45) is 0 Å². The molecule has 0 spiro atoms. The lowest BCUT2D eigenvalue weighted by Gasteiger charge is -2.36. The number of amides is 1. The second-order valence-corrected chi connectivity index (χ2v) is 9.70. The minimum Gasteiger partial charge on any atom is -0.456 e. The zero-order valence-corrected chi connectivity index (χ0v) is 18.8. The number of anilines is 1. The van der Waals surface area contributed by atoms with Gasteiger partial charge in [-0.25, -0.2) is 23.5 Å². The van der Waals surface area contributed by atoms with E-state index in [0.29, 0.717) is 18.0 Å². The van der Waals surface area contributed by atoms with Gasteiger partial charge >= 0.3 is 12.1 Å². The number of piperidine rings is 1. The molecule has 1 aliphatic heterocycles. The molecule has 31 heavy (non-hydrogen) atoms. The number of rotatable bonds is 3. The van der Waals surface area contributed by atoms with Gasteiger partial charge in [0.2, 0.25) is 0 Å². The van der Waals surface area contributed by atoms with E-state index in [-0.39, 0.29) is 18.5 Å². The molecule has 2 atom stereocenters. The summed E-state index contributed by atoms with van der Waals surface area (Å²) < 4.78 is 26.6. The standard InChI is InChI=1S/C21H30FN5O4/c1-20(2,3)30-18(28)15-10-23-27-8-7-16(25-17(15)27)26-11-13(22)9-14(12-26)24-19(29)31-21(4,5)6/h7-8,10,13-14H,9,11-12H2,1-6H3,(H,24,29)/t13-,14-/m1/s1. The average Bonchev–Trinajstić information content (AvgIpc) is 3.01. The quantitative estimate of drug-likeness (QED) is 0.740. The van der Waals surface area contributed by atoms with Crippen molar-refractivity contribution in [2.45, 2.75) is 71.4 Å². The molecule has 0 bridgehead atoms. The van der Waals surface area contributed by atoms with Gasteiger partial charge in [0.25, 0.3) is 0 Å². The van der Waals surface area contributed by atoms with Gasteiger partial charge < -0.3 is 19.7 Å². The number of nitrogens with one attached hydrogen (secondary N) is 1. The van der Waals surface area contributed by atoms with E-state index in [1.807, 2.05) is 0 Å². The molecule has 1 amide bonds. The number of fused-ring (bicyclic) bond motifs is 1. The van der Waals surface area contributed by atoms with Crippen LogP contribution in [0.25, 0.3) is 5.65 Å². The topological polar surface area (TPSA) is 98.1 Å². The molecule has 0 aliphatic carbocycles. The minimum atomic E-state index is -1.15. The molecule has 3 rings (SSSR count). The highest BCUT2D eigenvalue weighted by molar-refractivity contribution is 5.96. The highest BCUT2D eigenvalue weighted by atomic mass is 19.1.